The summed E-state index contributed by atoms with van der Waals surface area (Å²) in [7, 11) is 0. The number of halogens is 4. The molecule has 1 aromatic carbocycles. The smallest absolute Gasteiger partial charge is 0.247 e. The Morgan fingerprint density at radius 1 is 1.27 bits per heavy atom. The lowest BCUT2D eigenvalue weighted by Gasteiger charge is -2.04. The van der Waals surface area contributed by atoms with Gasteiger partial charge in [-0.3, -0.25) is 0 Å². The third-order valence-corrected chi connectivity index (χ3v) is 2.85. The predicted octanol–water partition coefficient (Wildman–Crippen LogP) is 4.59. The second kappa shape index (κ2) is 4.02. The molecule has 0 saturated carbocycles. The minimum atomic E-state index is -2.57. The van der Waals surface area contributed by atoms with Gasteiger partial charge in [0.05, 0.1) is 5.52 Å². The molecule has 1 heterocycles. The van der Waals surface area contributed by atoms with Gasteiger partial charge in [-0.25, -0.2) is 13.8 Å². The Bertz CT molecular complexity index is 516. The molecule has 1 aromatic heterocycles. The Hall–Kier alpha value is -0.740. The summed E-state index contributed by atoms with van der Waals surface area (Å²) >= 11 is 9.01. The lowest BCUT2D eigenvalue weighted by molar-refractivity contribution is 0.146. The highest BCUT2D eigenvalue weighted by Gasteiger charge is 2.12. The molecule has 2 aromatic rings. The van der Waals surface area contributed by atoms with Crippen molar-refractivity contribution in [2.45, 2.75) is 6.43 Å². The van der Waals surface area contributed by atoms with Gasteiger partial charge in [-0.15, -0.1) is 0 Å². The highest BCUT2D eigenvalue weighted by Crippen LogP contribution is 2.29. The third-order valence-electron chi connectivity index (χ3n) is 1.96. The van der Waals surface area contributed by atoms with Crippen LogP contribution in [0, 0.1) is 0 Å². The summed E-state index contributed by atoms with van der Waals surface area (Å²) in [5.41, 5.74) is 0.265. The lowest BCUT2D eigenvalue weighted by Crippen LogP contribution is -1.91. The number of pyridine rings is 1. The van der Waals surface area contributed by atoms with Crippen molar-refractivity contribution in [1.82, 2.24) is 4.98 Å². The topological polar surface area (TPSA) is 12.9 Å². The molecule has 0 bridgehead atoms. The minimum Gasteiger partial charge on any atom is -0.247 e. The van der Waals surface area contributed by atoms with Gasteiger partial charge in [0.2, 0.25) is 0 Å². The maximum absolute atomic E-state index is 12.4. The van der Waals surface area contributed by atoms with Crippen molar-refractivity contribution >= 4 is 38.4 Å². The summed E-state index contributed by atoms with van der Waals surface area (Å²) in [6, 6.07) is 6.24. The van der Waals surface area contributed by atoms with Crippen LogP contribution in [0.2, 0.25) is 5.02 Å². The molecule has 0 aliphatic rings. The molecule has 0 fully saturated rings. The Balaban J connectivity index is 2.73. The molecule has 0 aliphatic heterocycles. The van der Waals surface area contributed by atoms with Gasteiger partial charge in [-0.1, -0.05) is 27.5 Å². The predicted molar refractivity (Wildman–Crippen MR) is 59.4 cm³/mol. The molecule has 1 nitrogen and oxygen atoms in total. The molecule has 15 heavy (non-hydrogen) atoms. The Morgan fingerprint density at radius 2 is 2.00 bits per heavy atom. The molecule has 0 N–H and O–H groups in total. The zero-order valence-corrected chi connectivity index (χ0v) is 9.69. The van der Waals surface area contributed by atoms with E-state index in [2.05, 4.69) is 20.9 Å². The fourth-order valence-electron chi connectivity index (χ4n) is 1.29. The van der Waals surface area contributed by atoms with Crippen LogP contribution in [-0.2, 0) is 0 Å². The molecule has 0 saturated heterocycles. The number of hydrogen-bond donors (Lipinski definition) is 0. The normalized spacial score (nSPS) is 11.3. The average molecular weight is 293 g/mol. The Morgan fingerprint density at radius 3 is 2.67 bits per heavy atom. The second-order valence-electron chi connectivity index (χ2n) is 2.99. The fraction of sp³-hybridized carbons (Fsp3) is 0.100. The van der Waals surface area contributed by atoms with Gasteiger partial charge in [0.25, 0.3) is 6.43 Å². The van der Waals surface area contributed by atoms with Crippen LogP contribution in [0.15, 0.2) is 28.7 Å². The average Bonchev–Trinajstić information content (AvgIpc) is 2.18. The van der Waals surface area contributed by atoms with E-state index in [0.29, 0.717) is 15.0 Å². The van der Waals surface area contributed by atoms with E-state index in [1.807, 2.05) is 0 Å². The standard InChI is InChI=1S/C10H5BrClF2N/c11-7-4-9(10(13)14)15-8-2-1-5(12)3-6(7)8/h1-4,10H. The summed E-state index contributed by atoms with van der Waals surface area (Å²) in [4.78, 5) is 3.84. The SMILES string of the molecule is FC(F)c1cc(Br)c2cc(Cl)ccc2n1. The van der Waals surface area contributed by atoms with Crippen LogP contribution in [0.1, 0.15) is 12.1 Å². The first-order valence-electron chi connectivity index (χ1n) is 4.12. The van der Waals surface area contributed by atoms with Crippen molar-refractivity contribution in [2.75, 3.05) is 0 Å². The van der Waals surface area contributed by atoms with Gasteiger partial charge >= 0.3 is 0 Å². The Labute approximate surface area is 98.2 Å². The van der Waals surface area contributed by atoms with Gasteiger partial charge in [0.15, 0.2) is 0 Å². The number of fused-ring (bicyclic) bond motifs is 1. The van der Waals surface area contributed by atoms with Gasteiger partial charge in [-0.2, -0.15) is 0 Å². The summed E-state index contributed by atoms with van der Waals surface area (Å²) < 4.78 is 25.5. The summed E-state index contributed by atoms with van der Waals surface area (Å²) in [5.74, 6) is 0. The highest BCUT2D eigenvalue weighted by molar-refractivity contribution is 9.10. The third kappa shape index (κ3) is 2.11. The lowest BCUT2D eigenvalue weighted by atomic mass is 10.2. The number of alkyl halides is 2. The van der Waals surface area contributed by atoms with E-state index >= 15 is 0 Å². The molecule has 0 amide bonds. The molecule has 2 rings (SSSR count). The van der Waals surface area contributed by atoms with Crippen LogP contribution in [-0.4, -0.2) is 4.98 Å². The second-order valence-corrected chi connectivity index (χ2v) is 4.28. The monoisotopic (exact) mass is 291 g/mol. The van der Waals surface area contributed by atoms with Gasteiger partial charge < -0.3 is 0 Å². The number of hydrogen-bond acceptors (Lipinski definition) is 1. The van der Waals surface area contributed by atoms with E-state index in [9.17, 15) is 8.78 Å². The van der Waals surface area contributed by atoms with Crippen molar-refractivity contribution < 1.29 is 8.78 Å². The van der Waals surface area contributed by atoms with Crippen molar-refractivity contribution in [1.29, 1.82) is 0 Å². The van der Waals surface area contributed by atoms with Gasteiger partial charge in [0.1, 0.15) is 5.69 Å². The molecule has 5 heteroatoms. The molecular formula is C10H5BrClF2N. The maximum atomic E-state index is 12.4. The number of aromatic nitrogens is 1. The quantitative estimate of drug-likeness (QED) is 0.749. The van der Waals surface area contributed by atoms with E-state index in [4.69, 9.17) is 11.6 Å². The maximum Gasteiger partial charge on any atom is 0.280 e. The molecule has 0 radical (unpaired) electrons. The molecular weight excluding hydrogens is 287 g/mol. The largest absolute Gasteiger partial charge is 0.280 e. The minimum absolute atomic E-state index is 0.239. The zero-order chi connectivity index (χ0) is 11.0. The van der Waals surface area contributed by atoms with E-state index < -0.39 is 6.43 Å². The van der Waals surface area contributed by atoms with Gasteiger partial charge in [-0.05, 0) is 24.3 Å². The molecule has 0 aliphatic carbocycles. The number of nitrogens with zero attached hydrogens (tertiary/aromatic N) is 1. The molecule has 0 spiro atoms. The van der Waals surface area contributed by atoms with Crippen LogP contribution in [0.5, 0.6) is 0 Å². The molecule has 0 unspecified atom stereocenters. The molecule has 78 valence electrons. The van der Waals surface area contributed by atoms with Crippen LogP contribution >= 0.6 is 27.5 Å². The van der Waals surface area contributed by atoms with Crippen molar-refractivity contribution in [2.24, 2.45) is 0 Å². The van der Waals surface area contributed by atoms with Crippen molar-refractivity contribution in [3.8, 4) is 0 Å². The van der Waals surface area contributed by atoms with E-state index in [-0.39, 0.29) is 5.69 Å². The van der Waals surface area contributed by atoms with Crippen LogP contribution in [0.25, 0.3) is 10.9 Å². The van der Waals surface area contributed by atoms with Crippen LogP contribution < -0.4 is 0 Å². The Kier molecular flexibility index (Phi) is 2.89. The van der Waals surface area contributed by atoms with E-state index in [0.717, 1.165) is 5.39 Å². The first-order valence-corrected chi connectivity index (χ1v) is 5.29. The highest BCUT2D eigenvalue weighted by atomic mass is 79.9. The number of rotatable bonds is 1. The fourth-order valence-corrected chi connectivity index (χ4v) is 2.01. The van der Waals surface area contributed by atoms with Gasteiger partial charge in [0, 0.05) is 14.9 Å². The first-order chi connectivity index (χ1) is 7.08. The van der Waals surface area contributed by atoms with E-state index in [1.165, 1.54) is 6.07 Å². The number of benzene rings is 1. The van der Waals surface area contributed by atoms with E-state index in [1.54, 1.807) is 18.2 Å². The van der Waals surface area contributed by atoms with Crippen LogP contribution in [0.3, 0.4) is 0 Å². The zero-order valence-electron chi connectivity index (χ0n) is 7.35. The first kappa shape index (κ1) is 10.8. The van der Waals surface area contributed by atoms with Crippen molar-refractivity contribution in [3.05, 3.63) is 39.5 Å². The summed E-state index contributed by atoms with van der Waals surface area (Å²) in [5, 5.41) is 1.28. The molecule has 0 atom stereocenters. The summed E-state index contributed by atoms with van der Waals surface area (Å²) in [6.45, 7) is 0. The van der Waals surface area contributed by atoms with Crippen molar-refractivity contribution in [3.63, 3.8) is 0 Å². The van der Waals surface area contributed by atoms with Crippen LogP contribution in [0.4, 0.5) is 8.78 Å². The summed E-state index contributed by atoms with van der Waals surface area (Å²) in [6.07, 6.45) is -2.57.